The predicted octanol–water partition coefficient (Wildman–Crippen LogP) is 4.25. The molecule has 0 nitrogen and oxygen atoms in total. The van der Waals surface area contributed by atoms with Gasteiger partial charge >= 0.3 is 0 Å². The number of rotatable bonds is 2. The molecule has 0 aromatic rings. The standard InChI is InChI=1S/C13H24/c1-10-12(13(10,2)3)9-11-7-5-4-6-8-11/h10-12H,4-9H2,1-3H3. The van der Waals surface area contributed by atoms with E-state index in [2.05, 4.69) is 20.8 Å². The molecule has 0 radical (unpaired) electrons. The quantitative estimate of drug-likeness (QED) is 0.596. The summed E-state index contributed by atoms with van der Waals surface area (Å²) in [5.74, 6) is 3.13. The molecule has 0 bridgehead atoms. The van der Waals surface area contributed by atoms with Crippen molar-refractivity contribution < 1.29 is 0 Å². The van der Waals surface area contributed by atoms with Crippen LogP contribution in [-0.2, 0) is 0 Å². The zero-order valence-electron chi connectivity index (χ0n) is 9.47. The Morgan fingerprint density at radius 3 is 2.08 bits per heavy atom. The van der Waals surface area contributed by atoms with Gasteiger partial charge in [-0.05, 0) is 29.6 Å². The van der Waals surface area contributed by atoms with Crippen molar-refractivity contribution >= 4 is 0 Å². The van der Waals surface area contributed by atoms with Crippen LogP contribution in [0.25, 0.3) is 0 Å². The van der Waals surface area contributed by atoms with Gasteiger partial charge in [0.1, 0.15) is 0 Å². The molecule has 2 aliphatic carbocycles. The molecule has 0 amide bonds. The Labute approximate surface area is 83.1 Å². The minimum atomic E-state index is 0.678. The van der Waals surface area contributed by atoms with Crippen LogP contribution in [0.1, 0.15) is 59.3 Å². The average Bonchev–Trinajstić information content (AvgIpc) is 2.57. The highest BCUT2D eigenvalue weighted by molar-refractivity contribution is 5.02. The Balaban J connectivity index is 1.79. The van der Waals surface area contributed by atoms with E-state index in [4.69, 9.17) is 0 Å². The summed E-state index contributed by atoms with van der Waals surface area (Å²) in [6.45, 7) is 7.34. The van der Waals surface area contributed by atoms with Crippen LogP contribution in [0.15, 0.2) is 0 Å². The van der Waals surface area contributed by atoms with Gasteiger partial charge in [-0.25, -0.2) is 0 Å². The van der Waals surface area contributed by atoms with Crippen LogP contribution in [0.3, 0.4) is 0 Å². The molecule has 2 unspecified atom stereocenters. The molecule has 13 heavy (non-hydrogen) atoms. The second-order valence-corrected chi connectivity index (χ2v) is 5.96. The summed E-state index contributed by atoms with van der Waals surface area (Å²) in [6, 6.07) is 0. The summed E-state index contributed by atoms with van der Waals surface area (Å²) >= 11 is 0. The lowest BCUT2D eigenvalue weighted by molar-refractivity contribution is 0.309. The Morgan fingerprint density at radius 2 is 1.62 bits per heavy atom. The summed E-state index contributed by atoms with van der Waals surface area (Å²) in [4.78, 5) is 0. The van der Waals surface area contributed by atoms with Crippen LogP contribution in [0.2, 0.25) is 0 Å². The van der Waals surface area contributed by atoms with Gasteiger partial charge in [-0.15, -0.1) is 0 Å². The second-order valence-electron chi connectivity index (χ2n) is 5.96. The highest BCUT2D eigenvalue weighted by atomic mass is 14.6. The fourth-order valence-electron chi connectivity index (χ4n) is 3.31. The van der Waals surface area contributed by atoms with Gasteiger partial charge in [0, 0.05) is 0 Å². The van der Waals surface area contributed by atoms with E-state index in [0.717, 1.165) is 17.8 Å². The van der Waals surface area contributed by atoms with Crippen molar-refractivity contribution in [2.45, 2.75) is 59.3 Å². The smallest absolute Gasteiger partial charge is 0.0295 e. The molecule has 0 spiro atoms. The van der Waals surface area contributed by atoms with Gasteiger partial charge in [0.2, 0.25) is 0 Å². The molecular formula is C13H24. The van der Waals surface area contributed by atoms with Gasteiger partial charge in [0.25, 0.3) is 0 Å². The van der Waals surface area contributed by atoms with E-state index < -0.39 is 0 Å². The maximum Gasteiger partial charge on any atom is -0.0295 e. The van der Waals surface area contributed by atoms with Crippen molar-refractivity contribution in [3.63, 3.8) is 0 Å². The molecule has 2 atom stereocenters. The molecule has 2 saturated carbocycles. The third kappa shape index (κ3) is 1.78. The Bertz CT molecular complexity index is 174. The largest absolute Gasteiger partial charge is 0.0617 e. The third-order valence-electron chi connectivity index (χ3n) is 4.94. The molecule has 2 fully saturated rings. The SMILES string of the molecule is CC1C(CC2CCCCC2)C1(C)C. The minimum absolute atomic E-state index is 0.678. The second kappa shape index (κ2) is 3.29. The summed E-state index contributed by atoms with van der Waals surface area (Å²) in [6.07, 6.45) is 9.10. The first kappa shape index (κ1) is 9.55. The summed E-state index contributed by atoms with van der Waals surface area (Å²) in [7, 11) is 0. The highest BCUT2D eigenvalue weighted by Gasteiger charge is 2.54. The molecule has 2 aliphatic rings. The fourth-order valence-corrected chi connectivity index (χ4v) is 3.31. The van der Waals surface area contributed by atoms with Crippen LogP contribution >= 0.6 is 0 Å². The Hall–Kier alpha value is 0. The van der Waals surface area contributed by atoms with Crippen molar-refractivity contribution in [2.24, 2.45) is 23.2 Å². The van der Waals surface area contributed by atoms with Gasteiger partial charge in [-0.3, -0.25) is 0 Å². The Kier molecular flexibility index (Phi) is 2.42. The van der Waals surface area contributed by atoms with Gasteiger partial charge < -0.3 is 0 Å². The highest BCUT2D eigenvalue weighted by Crippen LogP contribution is 2.61. The molecule has 0 saturated heterocycles. The average molecular weight is 180 g/mol. The van der Waals surface area contributed by atoms with E-state index in [0.29, 0.717) is 5.41 Å². The summed E-state index contributed by atoms with van der Waals surface area (Å²) in [5.41, 5.74) is 0.678. The molecule has 76 valence electrons. The van der Waals surface area contributed by atoms with Gasteiger partial charge in [-0.2, -0.15) is 0 Å². The molecule has 2 rings (SSSR count). The zero-order valence-corrected chi connectivity index (χ0v) is 9.47. The van der Waals surface area contributed by atoms with E-state index >= 15 is 0 Å². The van der Waals surface area contributed by atoms with Gasteiger partial charge in [-0.1, -0.05) is 52.9 Å². The molecule has 0 aliphatic heterocycles. The van der Waals surface area contributed by atoms with E-state index in [1.807, 2.05) is 0 Å². The van der Waals surface area contributed by atoms with Crippen LogP contribution in [0.5, 0.6) is 0 Å². The van der Waals surface area contributed by atoms with E-state index in [9.17, 15) is 0 Å². The van der Waals surface area contributed by atoms with Crippen molar-refractivity contribution in [2.75, 3.05) is 0 Å². The normalized spacial score (nSPS) is 39.0. The lowest BCUT2D eigenvalue weighted by Gasteiger charge is -2.21. The van der Waals surface area contributed by atoms with Crippen molar-refractivity contribution in [3.8, 4) is 0 Å². The first-order chi connectivity index (χ1) is 6.12. The number of hydrogen-bond donors (Lipinski definition) is 0. The minimum Gasteiger partial charge on any atom is -0.0617 e. The monoisotopic (exact) mass is 180 g/mol. The third-order valence-corrected chi connectivity index (χ3v) is 4.94. The first-order valence-corrected chi connectivity index (χ1v) is 6.12. The zero-order chi connectivity index (χ0) is 9.47. The van der Waals surface area contributed by atoms with Crippen LogP contribution in [0.4, 0.5) is 0 Å². The van der Waals surface area contributed by atoms with Crippen LogP contribution < -0.4 is 0 Å². The molecule has 0 aromatic carbocycles. The Morgan fingerprint density at radius 1 is 1.08 bits per heavy atom. The van der Waals surface area contributed by atoms with E-state index in [-0.39, 0.29) is 0 Å². The molecular weight excluding hydrogens is 156 g/mol. The lowest BCUT2D eigenvalue weighted by Crippen LogP contribution is -2.08. The fraction of sp³-hybridized carbons (Fsp3) is 1.00. The van der Waals surface area contributed by atoms with Crippen LogP contribution in [-0.4, -0.2) is 0 Å². The van der Waals surface area contributed by atoms with Crippen molar-refractivity contribution in [1.29, 1.82) is 0 Å². The maximum absolute atomic E-state index is 2.45. The van der Waals surface area contributed by atoms with Gasteiger partial charge in [0.15, 0.2) is 0 Å². The maximum atomic E-state index is 2.45. The lowest BCUT2D eigenvalue weighted by atomic mass is 9.84. The predicted molar refractivity (Wildman–Crippen MR) is 57.6 cm³/mol. The van der Waals surface area contributed by atoms with E-state index in [1.54, 1.807) is 0 Å². The molecule has 0 heteroatoms. The summed E-state index contributed by atoms with van der Waals surface area (Å²) < 4.78 is 0. The summed E-state index contributed by atoms with van der Waals surface area (Å²) in [5, 5.41) is 0. The van der Waals surface area contributed by atoms with E-state index in [1.165, 1.54) is 38.5 Å². The molecule has 0 aromatic heterocycles. The number of hydrogen-bond acceptors (Lipinski definition) is 0. The molecule has 0 heterocycles. The van der Waals surface area contributed by atoms with Crippen LogP contribution in [0, 0.1) is 23.2 Å². The topological polar surface area (TPSA) is 0 Å². The van der Waals surface area contributed by atoms with Crippen molar-refractivity contribution in [3.05, 3.63) is 0 Å². The first-order valence-electron chi connectivity index (χ1n) is 6.12. The molecule has 0 N–H and O–H groups in total. The van der Waals surface area contributed by atoms with Gasteiger partial charge in [0.05, 0.1) is 0 Å². The van der Waals surface area contributed by atoms with Crippen molar-refractivity contribution in [1.82, 2.24) is 0 Å².